The van der Waals surface area contributed by atoms with E-state index in [0.29, 0.717) is 0 Å². The summed E-state index contributed by atoms with van der Waals surface area (Å²) in [5, 5.41) is 0. The summed E-state index contributed by atoms with van der Waals surface area (Å²) in [5.74, 6) is 5.85. The molecule has 2 aromatic rings. The highest BCUT2D eigenvalue weighted by Gasteiger charge is 2.40. The molecule has 1 aliphatic rings. The molecular formula is C19H19NO4S. The first-order valence-electron chi connectivity index (χ1n) is 7.84. The Morgan fingerprint density at radius 2 is 1.80 bits per heavy atom. The first kappa shape index (κ1) is 17.6. The summed E-state index contributed by atoms with van der Waals surface area (Å²) in [6.07, 6.45) is -1.54. The third kappa shape index (κ3) is 3.91. The number of methoxy groups -OCH3 is 1. The van der Waals surface area contributed by atoms with Gasteiger partial charge in [-0.1, -0.05) is 41.8 Å². The average molecular weight is 357 g/mol. The summed E-state index contributed by atoms with van der Waals surface area (Å²) in [6.45, 7) is 2.01. The Kier molecular flexibility index (Phi) is 5.21. The molecule has 25 heavy (non-hydrogen) atoms. The van der Waals surface area contributed by atoms with E-state index in [2.05, 4.69) is 11.8 Å². The predicted molar refractivity (Wildman–Crippen MR) is 94.1 cm³/mol. The number of nitrogens with zero attached hydrogens (tertiary/aromatic N) is 1. The first-order valence-corrected chi connectivity index (χ1v) is 9.28. The van der Waals surface area contributed by atoms with E-state index in [0.717, 1.165) is 11.1 Å². The van der Waals surface area contributed by atoms with Crippen LogP contribution < -0.4 is 0 Å². The molecule has 3 rings (SSSR count). The number of aryl methyl sites for hydroxylation is 1. The Bertz CT molecular complexity index is 883. The average Bonchev–Trinajstić information content (AvgIpc) is 3.05. The molecule has 1 saturated heterocycles. The van der Waals surface area contributed by atoms with Crippen LogP contribution in [0.4, 0.5) is 0 Å². The number of hydrogen-bond donors (Lipinski definition) is 0. The maximum atomic E-state index is 13.0. The Morgan fingerprint density at radius 1 is 1.12 bits per heavy atom. The standard InChI is InChI=1S/C19H19NO4S/c1-15-8-11-17(12-9-15)25(21,22)20-14-19(23-2)24-18(20)13-10-16-6-4-3-5-7-16/h3-9,11-12,18-19H,14H2,1-2H3/t18-,19-/m1/s1. The maximum Gasteiger partial charge on any atom is 0.246 e. The lowest BCUT2D eigenvalue weighted by Gasteiger charge is -2.18. The van der Waals surface area contributed by atoms with E-state index in [4.69, 9.17) is 9.47 Å². The molecule has 0 saturated carbocycles. The lowest BCUT2D eigenvalue weighted by atomic mass is 10.2. The number of sulfonamides is 1. The van der Waals surface area contributed by atoms with Crippen molar-refractivity contribution < 1.29 is 17.9 Å². The molecule has 0 N–H and O–H groups in total. The minimum atomic E-state index is -3.73. The molecule has 0 aromatic heterocycles. The SMILES string of the molecule is CO[C@H]1CN(S(=O)(=O)c2ccc(C)cc2)[C@@H](C#Cc2ccccc2)O1. The van der Waals surface area contributed by atoms with Gasteiger partial charge in [0, 0.05) is 12.7 Å². The summed E-state index contributed by atoms with van der Waals surface area (Å²) in [4.78, 5) is 0.213. The molecule has 0 aliphatic carbocycles. The van der Waals surface area contributed by atoms with Crippen LogP contribution in [0.5, 0.6) is 0 Å². The molecule has 2 aromatic carbocycles. The Balaban J connectivity index is 1.92. The fourth-order valence-corrected chi connectivity index (χ4v) is 3.89. The van der Waals surface area contributed by atoms with Gasteiger partial charge in [-0.2, -0.15) is 4.31 Å². The topological polar surface area (TPSA) is 55.8 Å². The van der Waals surface area contributed by atoms with Crippen molar-refractivity contribution in [3.05, 3.63) is 65.7 Å². The minimum absolute atomic E-state index is 0.0981. The zero-order valence-electron chi connectivity index (χ0n) is 14.0. The zero-order valence-corrected chi connectivity index (χ0v) is 14.9. The van der Waals surface area contributed by atoms with E-state index in [9.17, 15) is 8.42 Å². The molecule has 6 heteroatoms. The van der Waals surface area contributed by atoms with Crippen LogP contribution in [0.25, 0.3) is 0 Å². The predicted octanol–water partition coefficient (Wildman–Crippen LogP) is 2.37. The molecule has 1 heterocycles. The fourth-order valence-electron chi connectivity index (χ4n) is 2.47. The Hall–Kier alpha value is -2.17. The van der Waals surface area contributed by atoms with Crippen LogP contribution in [0, 0.1) is 18.8 Å². The van der Waals surface area contributed by atoms with Crippen molar-refractivity contribution in [3.8, 4) is 11.8 Å². The quantitative estimate of drug-likeness (QED) is 0.792. The van der Waals surface area contributed by atoms with Gasteiger partial charge < -0.3 is 9.47 Å². The lowest BCUT2D eigenvalue weighted by Crippen LogP contribution is -2.35. The molecular weight excluding hydrogens is 338 g/mol. The maximum absolute atomic E-state index is 13.0. The van der Waals surface area contributed by atoms with Gasteiger partial charge in [-0.25, -0.2) is 8.42 Å². The van der Waals surface area contributed by atoms with E-state index in [1.54, 1.807) is 24.3 Å². The normalized spacial score (nSPS) is 20.9. The smallest absolute Gasteiger partial charge is 0.246 e. The molecule has 1 aliphatic heterocycles. The third-order valence-electron chi connectivity index (χ3n) is 3.88. The van der Waals surface area contributed by atoms with Crippen LogP contribution in [0.15, 0.2) is 59.5 Å². The molecule has 0 unspecified atom stereocenters. The van der Waals surface area contributed by atoms with Crippen LogP contribution in [0.3, 0.4) is 0 Å². The van der Waals surface area contributed by atoms with Gasteiger partial charge >= 0.3 is 0 Å². The summed E-state index contributed by atoms with van der Waals surface area (Å²) >= 11 is 0. The van der Waals surface area contributed by atoms with Gasteiger partial charge in [0.2, 0.25) is 10.0 Å². The molecule has 130 valence electrons. The number of rotatable bonds is 3. The van der Waals surface area contributed by atoms with Gasteiger partial charge in [-0.05, 0) is 37.1 Å². The molecule has 1 fully saturated rings. The van der Waals surface area contributed by atoms with Gasteiger partial charge in [0.15, 0.2) is 12.5 Å². The second-order valence-electron chi connectivity index (χ2n) is 5.68. The van der Waals surface area contributed by atoms with Crippen molar-refractivity contribution in [2.24, 2.45) is 0 Å². The fraction of sp³-hybridized carbons (Fsp3) is 0.263. The number of hydrogen-bond acceptors (Lipinski definition) is 4. The second-order valence-corrected chi connectivity index (χ2v) is 7.57. The Morgan fingerprint density at radius 3 is 2.44 bits per heavy atom. The highest BCUT2D eigenvalue weighted by molar-refractivity contribution is 7.89. The van der Waals surface area contributed by atoms with E-state index in [1.165, 1.54) is 11.4 Å². The van der Waals surface area contributed by atoms with E-state index in [1.807, 2.05) is 37.3 Å². The molecule has 0 spiro atoms. The zero-order chi connectivity index (χ0) is 17.9. The van der Waals surface area contributed by atoms with Crippen molar-refractivity contribution in [2.75, 3.05) is 13.7 Å². The summed E-state index contributed by atoms with van der Waals surface area (Å²) in [5.41, 5.74) is 1.78. The number of ether oxygens (including phenoxy) is 2. The summed E-state index contributed by atoms with van der Waals surface area (Å²) < 4.78 is 37.9. The van der Waals surface area contributed by atoms with Crippen LogP contribution in [0.1, 0.15) is 11.1 Å². The van der Waals surface area contributed by atoms with Crippen LogP contribution in [0.2, 0.25) is 0 Å². The second kappa shape index (κ2) is 7.38. The van der Waals surface area contributed by atoms with Crippen molar-refractivity contribution in [3.63, 3.8) is 0 Å². The van der Waals surface area contributed by atoms with Crippen molar-refractivity contribution >= 4 is 10.0 Å². The first-order chi connectivity index (χ1) is 12.0. The largest absolute Gasteiger partial charge is 0.354 e. The van der Waals surface area contributed by atoms with Crippen LogP contribution in [-0.2, 0) is 19.5 Å². The molecule has 2 atom stereocenters. The van der Waals surface area contributed by atoms with Crippen molar-refractivity contribution in [1.29, 1.82) is 0 Å². The highest BCUT2D eigenvalue weighted by atomic mass is 32.2. The monoisotopic (exact) mass is 357 g/mol. The van der Waals surface area contributed by atoms with Gasteiger partial charge in [0.05, 0.1) is 11.4 Å². The van der Waals surface area contributed by atoms with Crippen LogP contribution >= 0.6 is 0 Å². The van der Waals surface area contributed by atoms with Gasteiger partial charge in [0.1, 0.15) is 0 Å². The van der Waals surface area contributed by atoms with E-state index >= 15 is 0 Å². The summed E-state index contributed by atoms with van der Waals surface area (Å²) in [6, 6.07) is 16.1. The highest BCUT2D eigenvalue weighted by Crippen LogP contribution is 2.25. The van der Waals surface area contributed by atoms with Gasteiger partial charge in [-0.15, -0.1) is 0 Å². The summed E-state index contributed by atoms with van der Waals surface area (Å²) in [7, 11) is -2.25. The van der Waals surface area contributed by atoms with Gasteiger partial charge in [-0.3, -0.25) is 0 Å². The minimum Gasteiger partial charge on any atom is -0.354 e. The third-order valence-corrected chi connectivity index (χ3v) is 5.70. The lowest BCUT2D eigenvalue weighted by molar-refractivity contribution is -0.0981. The Labute approximate surface area is 148 Å². The van der Waals surface area contributed by atoms with Crippen molar-refractivity contribution in [1.82, 2.24) is 4.31 Å². The van der Waals surface area contributed by atoms with Gasteiger partial charge in [0.25, 0.3) is 0 Å². The molecule has 0 amide bonds. The van der Waals surface area contributed by atoms with E-state index in [-0.39, 0.29) is 11.4 Å². The number of benzene rings is 2. The van der Waals surface area contributed by atoms with Crippen LogP contribution in [-0.4, -0.2) is 38.9 Å². The van der Waals surface area contributed by atoms with Crippen molar-refractivity contribution in [2.45, 2.75) is 24.3 Å². The molecule has 0 radical (unpaired) electrons. The molecule has 5 nitrogen and oxygen atoms in total. The molecule has 0 bridgehead atoms. The van der Waals surface area contributed by atoms with E-state index < -0.39 is 22.5 Å².